The molecule has 0 spiro atoms. The van der Waals surface area contributed by atoms with E-state index < -0.39 is 0 Å². The molecule has 0 heterocycles. The Labute approximate surface area is 157 Å². The van der Waals surface area contributed by atoms with Crippen LogP contribution in [0.1, 0.15) is 30.9 Å². The topological polar surface area (TPSA) is 64.1 Å². The predicted molar refractivity (Wildman–Crippen MR) is 105 cm³/mol. The van der Waals surface area contributed by atoms with Crippen LogP contribution in [-0.4, -0.2) is 52.6 Å². The van der Waals surface area contributed by atoms with Crippen LogP contribution in [0.3, 0.4) is 0 Å². The van der Waals surface area contributed by atoms with E-state index in [2.05, 4.69) is 41.6 Å². The monoisotopic (exact) mass is 363 g/mol. The molecule has 0 radical (unpaired) electrons. The molecule has 1 aliphatic carbocycles. The van der Waals surface area contributed by atoms with Gasteiger partial charge in [0.15, 0.2) is 5.96 Å². The van der Waals surface area contributed by atoms with Gasteiger partial charge < -0.3 is 24.8 Å². The second-order valence-corrected chi connectivity index (χ2v) is 6.59. The molecule has 1 aliphatic rings. The number of nitrogens with zero attached hydrogens (tertiary/aromatic N) is 1. The van der Waals surface area contributed by atoms with Gasteiger partial charge in [0, 0.05) is 32.4 Å². The summed E-state index contributed by atoms with van der Waals surface area (Å²) in [5.74, 6) is 2.47. The fourth-order valence-corrected chi connectivity index (χ4v) is 2.44. The maximum Gasteiger partial charge on any atom is 0.191 e. The first-order valence-corrected chi connectivity index (χ1v) is 9.54. The summed E-state index contributed by atoms with van der Waals surface area (Å²) < 4.78 is 16.6. The van der Waals surface area contributed by atoms with Crippen LogP contribution < -0.4 is 15.4 Å². The van der Waals surface area contributed by atoms with Gasteiger partial charge in [-0.3, -0.25) is 0 Å². The minimum atomic E-state index is 0.535. The van der Waals surface area contributed by atoms with Gasteiger partial charge in [0.1, 0.15) is 12.4 Å². The molecule has 0 amide bonds. The van der Waals surface area contributed by atoms with Crippen LogP contribution in [0.5, 0.6) is 5.75 Å². The Balaban J connectivity index is 1.85. The van der Waals surface area contributed by atoms with E-state index in [9.17, 15) is 0 Å². The van der Waals surface area contributed by atoms with Gasteiger partial charge in [-0.15, -0.1) is 0 Å². The molecular formula is C20H33N3O3. The van der Waals surface area contributed by atoms with Crippen molar-refractivity contribution in [3.05, 3.63) is 29.3 Å². The van der Waals surface area contributed by atoms with Gasteiger partial charge in [-0.1, -0.05) is 12.1 Å². The summed E-state index contributed by atoms with van der Waals surface area (Å²) in [5, 5.41) is 6.59. The van der Waals surface area contributed by atoms with Crippen molar-refractivity contribution < 1.29 is 14.2 Å². The number of hydrogen-bond donors (Lipinski definition) is 2. The van der Waals surface area contributed by atoms with Crippen LogP contribution in [0.2, 0.25) is 0 Å². The lowest BCUT2D eigenvalue weighted by molar-refractivity contribution is 0.129. The molecular weight excluding hydrogens is 330 g/mol. The Hall–Kier alpha value is -1.79. The number of aliphatic imine (C=N–C) groups is 1. The highest BCUT2D eigenvalue weighted by Gasteiger charge is 2.20. The summed E-state index contributed by atoms with van der Waals surface area (Å²) >= 11 is 0. The maximum atomic E-state index is 5.84. The second-order valence-electron chi connectivity index (χ2n) is 6.59. The van der Waals surface area contributed by atoms with E-state index in [1.165, 1.54) is 18.4 Å². The first-order chi connectivity index (χ1) is 12.7. The van der Waals surface area contributed by atoms with Crippen LogP contribution >= 0.6 is 0 Å². The number of ether oxygens (including phenoxy) is 3. The zero-order valence-electron chi connectivity index (χ0n) is 16.3. The van der Waals surface area contributed by atoms with Crippen molar-refractivity contribution in [3.63, 3.8) is 0 Å². The second kappa shape index (κ2) is 11.8. The van der Waals surface area contributed by atoms with Crippen molar-refractivity contribution in [1.29, 1.82) is 0 Å². The lowest BCUT2D eigenvalue weighted by Crippen LogP contribution is -2.39. The van der Waals surface area contributed by atoms with E-state index in [0.29, 0.717) is 26.4 Å². The molecule has 1 aromatic carbocycles. The Bertz CT molecular complexity index is 559. The normalized spacial score (nSPS) is 14.3. The largest absolute Gasteiger partial charge is 0.491 e. The summed E-state index contributed by atoms with van der Waals surface area (Å²) in [7, 11) is 1.67. The molecule has 6 nitrogen and oxygen atoms in total. The van der Waals surface area contributed by atoms with E-state index in [1.807, 2.05) is 6.07 Å². The molecule has 2 N–H and O–H groups in total. The summed E-state index contributed by atoms with van der Waals surface area (Å²) in [6, 6.07) is 6.20. The van der Waals surface area contributed by atoms with Crippen molar-refractivity contribution in [2.24, 2.45) is 10.9 Å². The fraction of sp³-hybridized carbons (Fsp3) is 0.650. The van der Waals surface area contributed by atoms with Crippen LogP contribution in [0.4, 0.5) is 0 Å². The Morgan fingerprint density at radius 2 is 2.04 bits per heavy atom. The summed E-state index contributed by atoms with van der Waals surface area (Å²) in [4.78, 5) is 4.67. The molecule has 1 fully saturated rings. The van der Waals surface area contributed by atoms with Crippen LogP contribution in [0, 0.1) is 12.8 Å². The smallest absolute Gasteiger partial charge is 0.191 e. The van der Waals surface area contributed by atoms with E-state index >= 15 is 0 Å². The first-order valence-electron chi connectivity index (χ1n) is 9.54. The van der Waals surface area contributed by atoms with Crippen LogP contribution in [0.15, 0.2) is 23.2 Å². The number of rotatable bonds is 12. The number of methoxy groups -OCH3 is 1. The van der Waals surface area contributed by atoms with E-state index in [4.69, 9.17) is 14.2 Å². The summed E-state index contributed by atoms with van der Waals surface area (Å²) in [6.07, 6.45) is 2.64. The van der Waals surface area contributed by atoms with Crippen molar-refractivity contribution in [1.82, 2.24) is 10.6 Å². The minimum absolute atomic E-state index is 0.535. The number of aryl methyl sites for hydroxylation is 1. The SMILES string of the molecule is CCNC(=NCc1ccc(C)cc1OCCOC)NCCOCC1CC1. The summed E-state index contributed by atoms with van der Waals surface area (Å²) in [6.45, 7) is 8.95. The van der Waals surface area contributed by atoms with Gasteiger partial charge in [-0.2, -0.15) is 0 Å². The van der Waals surface area contributed by atoms with Crippen molar-refractivity contribution in [2.45, 2.75) is 33.2 Å². The van der Waals surface area contributed by atoms with Gasteiger partial charge in [0.25, 0.3) is 0 Å². The molecule has 146 valence electrons. The van der Waals surface area contributed by atoms with Gasteiger partial charge in [-0.25, -0.2) is 4.99 Å². The van der Waals surface area contributed by atoms with E-state index in [-0.39, 0.29) is 0 Å². The Kier molecular flexibility index (Phi) is 9.28. The highest BCUT2D eigenvalue weighted by Crippen LogP contribution is 2.28. The zero-order chi connectivity index (χ0) is 18.6. The van der Waals surface area contributed by atoms with Crippen molar-refractivity contribution >= 4 is 5.96 Å². The van der Waals surface area contributed by atoms with Crippen LogP contribution in [-0.2, 0) is 16.0 Å². The molecule has 1 aromatic rings. The Morgan fingerprint density at radius 3 is 2.77 bits per heavy atom. The van der Waals surface area contributed by atoms with Gasteiger partial charge in [-0.05, 0) is 44.2 Å². The zero-order valence-corrected chi connectivity index (χ0v) is 16.3. The van der Waals surface area contributed by atoms with Crippen molar-refractivity contribution in [3.8, 4) is 5.75 Å². The molecule has 0 bridgehead atoms. The molecule has 26 heavy (non-hydrogen) atoms. The summed E-state index contributed by atoms with van der Waals surface area (Å²) in [5.41, 5.74) is 2.23. The highest BCUT2D eigenvalue weighted by molar-refractivity contribution is 5.79. The first kappa shape index (κ1) is 20.5. The van der Waals surface area contributed by atoms with Crippen LogP contribution in [0.25, 0.3) is 0 Å². The van der Waals surface area contributed by atoms with Crippen molar-refractivity contribution in [2.75, 3.05) is 46.6 Å². The molecule has 0 aliphatic heterocycles. The predicted octanol–water partition coefficient (Wildman–Crippen LogP) is 2.50. The molecule has 0 aromatic heterocycles. The number of guanidine groups is 1. The molecule has 1 saturated carbocycles. The molecule has 0 unspecified atom stereocenters. The fourth-order valence-electron chi connectivity index (χ4n) is 2.44. The number of benzene rings is 1. The van der Waals surface area contributed by atoms with E-state index in [0.717, 1.165) is 42.9 Å². The number of nitrogens with one attached hydrogen (secondary N) is 2. The third-order valence-corrected chi connectivity index (χ3v) is 4.11. The average Bonchev–Trinajstić information content (AvgIpc) is 3.45. The van der Waals surface area contributed by atoms with E-state index in [1.54, 1.807) is 7.11 Å². The molecule has 2 rings (SSSR count). The quantitative estimate of drug-likeness (QED) is 0.339. The minimum Gasteiger partial charge on any atom is -0.491 e. The van der Waals surface area contributed by atoms with Gasteiger partial charge >= 0.3 is 0 Å². The third-order valence-electron chi connectivity index (χ3n) is 4.11. The Morgan fingerprint density at radius 1 is 1.19 bits per heavy atom. The molecule has 6 heteroatoms. The lowest BCUT2D eigenvalue weighted by atomic mass is 10.1. The third kappa shape index (κ3) is 8.06. The lowest BCUT2D eigenvalue weighted by Gasteiger charge is -2.13. The molecule has 0 atom stereocenters. The van der Waals surface area contributed by atoms with Gasteiger partial charge in [0.2, 0.25) is 0 Å². The maximum absolute atomic E-state index is 5.84. The average molecular weight is 364 g/mol. The molecule has 0 saturated heterocycles. The number of hydrogen-bond acceptors (Lipinski definition) is 4. The highest BCUT2D eigenvalue weighted by atomic mass is 16.5. The van der Waals surface area contributed by atoms with Gasteiger partial charge in [0.05, 0.1) is 19.8 Å². The standard InChI is InChI=1S/C20H33N3O3/c1-4-21-20(22-9-10-25-15-17-6-7-17)23-14-18-8-5-16(2)13-19(18)26-12-11-24-3/h5,8,13,17H,4,6-7,9-12,14-15H2,1-3H3,(H2,21,22,23).